The number of rotatable bonds is 3. The smallest absolute Gasteiger partial charge is 0.143 e. The van der Waals surface area contributed by atoms with Gasteiger partial charge in [-0.1, -0.05) is 24.3 Å². The van der Waals surface area contributed by atoms with Crippen molar-refractivity contribution in [3.05, 3.63) is 48.0 Å². The van der Waals surface area contributed by atoms with Crippen LogP contribution in [0.5, 0.6) is 11.5 Å². The second-order valence-electron chi connectivity index (χ2n) is 4.68. The average molecular weight is 254 g/mol. The van der Waals surface area contributed by atoms with E-state index in [1.807, 2.05) is 12.1 Å². The molecule has 1 saturated carbocycles. The molecule has 2 N–H and O–H groups in total. The van der Waals surface area contributed by atoms with Crippen molar-refractivity contribution in [1.82, 2.24) is 0 Å². The summed E-state index contributed by atoms with van der Waals surface area (Å²) in [5.41, 5.74) is 1.93. The lowest BCUT2D eigenvalue weighted by atomic mass is 10.1. The van der Waals surface area contributed by atoms with Crippen molar-refractivity contribution in [2.45, 2.75) is 18.8 Å². The number of hydrogen-bond donors (Lipinski definition) is 2. The van der Waals surface area contributed by atoms with Gasteiger partial charge in [0.15, 0.2) is 0 Å². The molecule has 0 aliphatic heterocycles. The van der Waals surface area contributed by atoms with Gasteiger partial charge >= 0.3 is 0 Å². The predicted molar refractivity (Wildman–Crippen MR) is 72.4 cm³/mol. The fraction of sp³-hybridized carbons (Fsp3) is 0.200. The van der Waals surface area contributed by atoms with Crippen LogP contribution in [0, 0.1) is 0 Å². The van der Waals surface area contributed by atoms with Crippen LogP contribution in [0.4, 0.5) is 11.4 Å². The van der Waals surface area contributed by atoms with E-state index in [1.165, 1.54) is 0 Å². The summed E-state index contributed by atoms with van der Waals surface area (Å²) in [5.74, 6) is 0.684. The summed E-state index contributed by atoms with van der Waals surface area (Å²) in [5, 5.41) is 27.7. The Morgan fingerprint density at radius 1 is 0.842 bits per heavy atom. The third-order valence-electron chi connectivity index (χ3n) is 3.20. The van der Waals surface area contributed by atoms with E-state index in [0.717, 1.165) is 18.4 Å². The van der Waals surface area contributed by atoms with Gasteiger partial charge in [0, 0.05) is 0 Å². The highest BCUT2D eigenvalue weighted by molar-refractivity contribution is 5.59. The maximum Gasteiger partial charge on any atom is 0.143 e. The van der Waals surface area contributed by atoms with Gasteiger partial charge in [-0.25, -0.2) is 0 Å². The molecule has 96 valence electrons. The summed E-state index contributed by atoms with van der Waals surface area (Å²) < 4.78 is 0. The standard InChI is InChI=1S/C15H14N2O2/c18-13-6-2-1-5-12(13)16-17-15-11(10-8-9-10)4-3-7-14(15)19/h1-7,10,18-19H,8-9H2. The molecule has 1 aliphatic rings. The average Bonchev–Trinajstić information content (AvgIpc) is 3.23. The summed E-state index contributed by atoms with van der Waals surface area (Å²) in [4.78, 5) is 0. The van der Waals surface area contributed by atoms with E-state index in [9.17, 15) is 10.2 Å². The zero-order valence-corrected chi connectivity index (χ0v) is 10.3. The SMILES string of the molecule is Oc1ccccc1N=Nc1c(O)cccc1C1CC1. The number of nitrogens with zero attached hydrogens (tertiary/aromatic N) is 2. The van der Waals surface area contributed by atoms with Crippen LogP contribution in [0.2, 0.25) is 0 Å². The molecule has 0 radical (unpaired) electrons. The number of phenols is 2. The van der Waals surface area contributed by atoms with E-state index < -0.39 is 0 Å². The topological polar surface area (TPSA) is 65.2 Å². The van der Waals surface area contributed by atoms with E-state index in [-0.39, 0.29) is 11.5 Å². The molecule has 0 bridgehead atoms. The van der Waals surface area contributed by atoms with Crippen LogP contribution >= 0.6 is 0 Å². The van der Waals surface area contributed by atoms with Crippen LogP contribution in [0.3, 0.4) is 0 Å². The van der Waals surface area contributed by atoms with E-state index in [1.54, 1.807) is 30.3 Å². The summed E-state index contributed by atoms with van der Waals surface area (Å²) in [6.07, 6.45) is 2.26. The Bertz CT molecular complexity index is 634. The van der Waals surface area contributed by atoms with Crippen molar-refractivity contribution in [3.8, 4) is 11.5 Å². The summed E-state index contributed by atoms with van der Waals surface area (Å²) >= 11 is 0. The first-order valence-corrected chi connectivity index (χ1v) is 6.27. The molecule has 2 aromatic rings. The second kappa shape index (κ2) is 4.72. The maximum atomic E-state index is 9.90. The monoisotopic (exact) mass is 254 g/mol. The van der Waals surface area contributed by atoms with Crippen molar-refractivity contribution in [3.63, 3.8) is 0 Å². The zero-order valence-electron chi connectivity index (χ0n) is 10.3. The molecule has 0 heterocycles. The third kappa shape index (κ3) is 2.42. The molecule has 19 heavy (non-hydrogen) atoms. The van der Waals surface area contributed by atoms with Gasteiger partial charge in [-0.3, -0.25) is 0 Å². The molecule has 0 spiro atoms. The van der Waals surface area contributed by atoms with Crippen molar-refractivity contribution >= 4 is 11.4 Å². The van der Waals surface area contributed by atoms with Crippen LogP contribution in [-0.4, -0.2) is 10.2 Å². The minimum absolute atomic E-state index is 0.0784. The van der Waals surface area contributed by atoms with Crippen LogP contribution < -0.4 is 0 Å². The second-order valence-corrected chi connectivity index (χ2v) is 4.68. The normalized spacial score (nSPS) is 14.9. The van der Waals surface area contributed by atoms with Gasteiger partial charge in [-0.2, -0.15) is 0 Å². The molecule has 0 atom stereocenters. The molecular formula is C15H14N2O2. The van der Waals surface area contributed by atoms with E-state index in [2.05, 4.69) is 10.2 Å². The van der Waals surface area contributed by atoms with E-state index in [4.69, 9.17) is 0 Å². The van der Waals surface area contributed by atoms with Crippen molar-refractivity contribution in [2.75, 3.05) is 0 Å². The van der Waals surface area contributed by atoms with Crippen LogP contribution in [0.1, 0.15) is 24.3 Å². The quantitative estimate of drug-likeness (QED) is 0.798. The van der Waals surface area contributed by atoms with Gasteiger partial charge in [0.05, 0.1) is 0 Å². The summed E-state index contributed by atoms with van der Waals surface area (Å²) in [6.45, 7) is 0. The van der Waals surface area contributed by atoms with Gasteiger partial charge in [0.1, 0.15) is 22.9 Å². The molecule has 2 aromatic carbocycles. The fourth-order valence-corrected chi connectivity index (χ4v) is 2.03. The van der Waals surface area contributed by atoms with Crippen LogP contribution in [0.25, 0.3) is 0 Å². The predicted octanol–water partition coefficient (Wildman–Crippen LogP) is 4.39. The lowest BCUT2D eigenvalue weighted by Crippen LogP contribution is -1.80. The first-order chi connectivity index (χ1) is 9.25. The number of phenolic OH excluding ortho intramolecular Hbond substituents is 2. The molecule has 3 rings (SSSR count). The number of azo groups is 1. The Hall–Kier alpha value is -2.36. The van der Waals surface area contributed by atoms with Crippen LogP contribution in [-0.2, 0) is 0 Å². The Balaban J connectivity index is 1.97. The highest BCUT2D eigenvalue weighted by Gasteiger charge is 2.27. The van der Waals surface area contributed by atoms with Gasteiger partial charge in [0.25, 0.3) is 0 Å². The first-order valence-electron chi connectivity index (χ1n) is 6.27. The molecule has 4 heteroatoms. The Labute approximate surface area is 111 Å². The number of para-hydroxylation sites is 1. The first kappa shape index (κ1) is 11.7. The molecule has 4 nitrogen and oxygen atoms in total. The largest absolute Gasteiger partial charge is 0.506 e. The van der Waals surface area contributed by atoms with Gasteiger partial charge in [0.2, 0.25) is 0 Å². The van der Waals surface area contributed by atoms with Gasteiger partial charge in [-0.05, 0) is 42.5 Å². The molecular weight excluding hydrogens is 240 g/mol. The fourth-order valence-electron chi connectivity index (χ4n) is 2.03. The Morgan fingerprint density at radius 3 is 2.32 bits per heavy atom. The lowest BCUT2D eigenvalue weighted by Gasteiger charge is -2.05. The number of aromatic hydroxyl groups is 2. The van der Waals surface area contributed by atoms with E-state index in [0.29, 0.717) is 17.3 Å². The molecule has 0 amide bonds. The third-order valence-corrected chi connectivity index (χ3v) is 3.20. The Morgan fingerprint density at radius 2 is 1.58 bits per heavy atom. The number of hydrogen-bond acceptors (Lipinski definition) is 4. The van der Waals surface area contributed by atoms with Gasteiger partial charge < -0.3 is 10.2 Å². The molecule has 1 fully saturated rings. The Kier molecular flexibility index (Phi) is 2.91. The van der Waals surface area contributed by atoms with Crippen molar-refractivity contribution in [2.24, 2.45) is 10.2 Å². The summed E-state index contributed by atoms with van der Waals surface area (Å²) in [7, 11) is 0. The molecule has 0 unspecified atom stereocenters. The summed E-state index contributed by atoms with van der Waals surface area (Å²) in [6, 6.07) is 12.1. The van der Waals surface area contributed by atoms with Crippen LogP contribution in [0.15, 0.2) is 52.7 Å². The minimum atomic E-state index is 0.0784. The number of benzene rings is 2. The van der Waals surface area contributed by atoms with Gasteiger partial charge in [-0.15, -0.1) is 10.2 Å². The molecule has 0 saturated heterocycles. The van der Waals surface area contributed by atoms with Crippen molar-refractivity contribution in [1.29, 1.82) is 0 Å². The van der Waals surface area contributed by atoms with E-state index >= 15 is 0 Å². The molecule has 0 aromatic heterocycles. The lowest BCUT2D eigenvalue weighted by molar-refractivity contribution is 0.473. The maximum absolute atomic E-state index is 9.90. The highest BCUT2D eigenvalue weighted by atomic mass is 16.3. The highest BCUT2D eigenvalue weighted by Crippen LogP contribution is 2.47. The van der Waals surface area contributed by atoms with Crippen molar-refractivity contribution < 1.29 is 10.2 Å². The molecule has 1 aliphatic carbocycles. The minimum Gasteiger partial charge on any atom is -0.506 e. The zero-order chi connectivity index (χ0) is 13.2.